The molecule has 0 heterocycles. The lowest BCUT2D eigenvalue weighted by Gasteiger charge is -2.13. The second-order valence-electron chi connectivity index (χ2n) is 4.61. The highest BCUT2D eigenvalue weighted by Gasteiger charge is 2.09. The summed E-state index contributed by atoms with van der Waals surface area (Å²) in [5.74, 6) is 0.986. The molecule has 0 aliphatic heterocycles. The molecule has 0 amide bonds. The molecule has 1 atom stereocenters. The van der Waals surface area contributed by atoms with E-state index in [0.717, 1.165) is 15.8 Å². The summed E-state index contributed by atoms with van der Waals surface area (Å²) in [5, 5.41) is 0. The molecule has 1 unspecified atom stereocenters. The van der Waals surface area contributed by atoms with Gasteiger partial charge in [-0.2, -0.15) is 0 Å². The summed E-state index contributed by atoms with van der Waals surface area (Å²) in [6, 6.07) is 10.4. The summed E-state index contributed by atoms with van der Waals surface area (Å²) >= 11 is 6.59. The van der Waals surface area contributed by atoms with Gasteiger partial charge in [-0.05, 0) is 71.2 Å². The van der Waals surface area contributed by atoms with Gasteiger partial charge < -0.3 is 10.5 Å². The number of rotatable bonds is 4. The van der Waals surface area contributed by atoms with Gasteiger partial charge in [0.15, 0.2) is 0 Å². The number of hydrogen-bond acceptors (Lipinski definition) is 2. The second kappa shape index (κ2) is 6.70. The fourth-order valence-electron chi connectivity index (χ4n) is 1.82. The Bertz CT molecular complexity index is 617. The number of halogens is 3. The van der Waals surface area contributed by atoms with Crippen molar-refractivity contribution in [3.8, 4) is 11.5 Å². The Hall–Kier alpha value is -0.910. The maximum atomic E-state index is 13.2. The van der Waals surface area contributed by atoms with Crippen LogP contribution in [-0.4, -0.2) is 6.04 Å². The van der Waals surface area contributed by atoms with Gasteiger partial charge in [-0.25, -0.2) is 4.39 Å². The first kappa shape index (κ1) is 15.5. The first-order chi connectivity index (χ1) is 9.45. The zero-order valence-electron chi connectivity index (χ0n) is 10.9. The molecule has 0 spiro atoms. The number of benzene rings is 2. The van der Waals surface area contributed by atoms with Crippen LogP contribution >= 0.6 is 31.9 Å². The van der Waals surface area contributed by atoms with E-state index in [4.69, 9.17) is 10.5 Å². The molecular formula is C15H14Br2FNO. The Kier molecular flexibility index (Phi) is 5.18. The lowest BCUT2D eigenvalue weighted by molar-refractivity contribution is 0.471. The van der Waals surface area contributed by atoms with Crippen LogP contribution in [0.3, 0.4) is 0 Å². The molecule has 0 aromatic heterocycles. The molecule has 0 aliphatic carbocycles. The molecule has 106 valence electrons. The minimum atomic E-state index is -0.316. The van der Waals surface area contributed by atoms with Gasteiger partial charge in [0.25, 0.3) is 0 Å². The van der Waals surface area contributed by atoms with Crippen LogP contribution in [0.25, 0.3) is 0 Å². The fraction of sp³-hybridized carbons (Fsp3) is 0.200. The van der Waals surface area contributed by atoms with Crippen molar-refractivity contribution in [2.75, 3.05) is 0 Å². The Labute approximate surface area is 134 Å². The highest BCUT2D eigenvalue weighted by molar-refractivity contribution is 9.10. The summed E-state index contributed by atoms with van der Waals surface area (Å²) in [6.07, 6.45) is 0.705. The molecule has 0 fully saturated rings. The van der Waals surface area contributed by atoms with Crippen molar-refractivity contribution in [3.63, 3.8) is 0 Å². The van der Waals surface area contributed by atoms with Gasteiger partial charge in [-0.3, -0.25) is 0 Å². The van der Waals surface area contributed by atoms with Gasteiger partial charge in [0, 0.05) is 10.5 Å². The lowest BCUT2D eigenvalue weighted by atomic mass is 10.1. The maximum absolute atomic E-state index is 13.2. The third-order valence-corrected chi connectivity index (χ3v) is 3.78. The highest BCUT2D eigenvalue weighted by atomic mass is 79.9. The van der Waals surface area contributed by atoms with Crippen molar-refractivity contribution in [2.45, 2.75) is 19.4 Å². The third-order valence-electron chi connectivity index (χ3n) is 2.68. The normalized spacial score (nSPS) is 12.2. The van der Waals surface area contributed by atoms with E-state index in [9.17, 15) is 4.39 Å². The molecule has 2 nitrogen and oxygen atoms in total. The number of nitrogens with two attached hydrogens (primary N) is 1. The summed E-state index contributed by atoms with van der Waals surface area (Å²) in [7, 11) is 0. The van der Waals surface area contributed by atoms with E-state index in [1.807, 2.05) is 25.1 Å². The summed E-state index contributed by atoms with van der Waals surface area (Å²) in [4.78, 5) is 0. The molecule has 0 saturated carbocycles. The van der Waals surface area contributed by atoms with Crippen LogP contribution in [0.15, 0.2) is 45.3 Å². The largest absolute Gasteiger partial charge is 0.457 e. The molecule has 0 bridgehead atoms. The van der Waals surface area contributed by atoms with E-state index in [1.165, 1.54) is 6.07 Å². The van der Waals surface area contributed by atoms with E-state index in [0.29, 0.717) is 16.6 Å². The lowest BCUT2D eigenvalue weighted by Crippen LogP contribution is -2.18. The van der Waals surface area contributed by atoms with E-state index in [-0.39, 0.29) is 11.9 Å². The average molecular weight is 403 g/mol. The molecule has 0 radical (unpaired) electrons. The van der Waals surface area contributed by atoms with Gasteiger partial charge >= 0.3 is 0 Å². The van der Waals surface area contributed by atoms with Crippen molar-refractivity contribution < 1.29 is 9.13 Å². The molecule has 2 N–H and O–H groups in total. The van der Waals surface area contributed by atoms with Gasteiger partial charge in [0.05, 0.1) is 4.47 Å². The van der Waals surface area contributed by atoms with Gasteiger partial charge in [-0.15, -0.1) is 0 Å². The number of ether oxygens (including phenoxy) is 1. The van der Waals surface area contributed by atoms with Gasteiger partial charge in [0.2, 0.25) is 0 Å². The van der Waals surface area contributed by atoms with Crippen LogP contribution < -0.4 is 10.5 Å². The Morgan fingerprint density at radius 2 is 1.95 bits per heavy atom. The van der Waals surface area contributed by atoms with E-state index in [1.54, 1.807) is 12.1 Å². The molecule has 2 aromatic carbocycles. The zero-order chi connectivity index (χ0) is 14.7. The SMILES string of the molecule is CC(N)Cc1cc(Br)ccc1Oc1ccc(F)c(Br)c1. The summed E-state index contributed by atoms with van der Waals surface area (Å²) < 4.78 is 20.4. The van der Waals surface area contributed by atoms with E-state index < -0.39 is 0 Å². The smallest absolute Gasteiger partial charge is 0.137 e. The van der Waals surface area contributed by atoms with E-state index >= 15 is 0 Å². The monoisotopic (exact) mass is 401 g/mol. The standard InChI is InChI=1S/C15H14Br2FNO/c1-9(19)6-10-7-11(16)2-5-15(10)20-12-3-4-14(18)13(17)8-12/h2-5,7-9H,6,19H2,1H3. The molecule has 2 aromatic rings. The van der Waals surface area contributed by atoms with Crippen LogP contribution in [0.2, 0.25) is 0 Å². The highest BCUT2D eigenvalue weighted by Crippen LogP contribution is 2.31. The van der Waals surface area contributed by atoms with E-state index in [2.05, 4.69) is 31.9 Å². The topological polar surface area (TPSA) is 35.2 Å². The van der Waals surface area contributed by atoms with Crippen molar-refractivity contribution >= 4 is 31.9 Å². The average Bonchev–Trinajstić information content (AvgIpc) is 2.36. The van der Waals surface area contributed by atoms with Crippen LogP contribution in [0, 0.1) is 5.82 Å². The molecule has 0 saturated heterocycles. The third kappa shape index (κ3) is 4.04. The molecule has 0 aliphatic rings. The fourth-order valence-corrected chi connectivity index (χ4v) is 2.59. The minimum absolute atomic E-state index is 0.0339. The summed E-state index contributed by atoms with van der Waals surface area (Å²) in [5.41, 5.74) is 6.86. The second-order valence-corrected chi connectivity index (χ2v) is 6.38. The predicted molar refractivity (Wildman–Crippen MR) is 85.7 cm³/mol. The van der Waals surface area contributed by atoms with Crippen LogP contribution in [-0.2, 0) is 6.42 Å². The molecule has 5 heteroatoms. The van der Waals surface area contributed by atoms with Crippen molar-refractivity contribution in [3.05, 3.63) is 56.7 Å². The quantitative estimate of drug-likeness (QED) is 0.777. The van der Waals surface area contributed by atoms with Gasteiger partial charge in [-0.1, -0.05) is 15.9 Å². The van der Waals surface area contributed by atoms with Crippen molar-refractivity contribution in [1.29, 1.82) is 0 Å². The van der Waals surface area contributed by atoms with Crippen molar-refractivity contribution in [1.82, 2.24) is 0 Å². The molecule has 2 rings (SSSR count). The minimum Gasteiger partial charge on any atom is -0.457 e. The van der Waals surface area contributed by atoms with Crippen LogP contribution in [0.5, 0.6) is 11.5 Å². The van der Waals surface area contributed by atoms with Crippen LogP contribution in [0.1, 0.15) is 12.5 Å². The maximum Gasteiger partial charge on any atom is 0.137 e. The number of hydrogen-bond donors (Lipinski definition) is 1. The molecular weight excluding hydrogens is 389 g/mol. The van der Waals surface area contributed by atoms with Crippen LogP contribution in [0.4, 0.5) is 4.39 Å². The Morgan fingerprint density at radius 1 is 1.20 bits per heavy atom. The summed E-state index contributed by atoms with van der Waals surface area (Å²) in [6.45, 7) is 1.94. The Balaban J connectivity index is 2.30. The Morgan fingerprint density at radius 3 is 2.60 bits per heavy atom. The van der Waals surface area contributed by atoms with Gasteiger partial charge in [0.1, 0.15) is 17.3 Å². The van der Waals surface area contributed by atoms with Crippen molar-refractivity contribution in [2.24, 2.45) is 5.73 Å². The predicted octanol–water partition coefficient (Wildman–Crippen LogP) is 5.03. The first-order valence-corrected chi connectivity index (χ1v) is 7.71. The first-order valence-electron chi connectivity index (χ1n) is 6.12. The molecule has 20 heavy (non-hydrogen) atoms. The zero-order valence-corrected chi connectivity index (χ0v) is 14.0.